The van der Waals surface area contributed by atoms with Crippen molar-refractivity contribution in [3.8, 4) is 46.3 Å². The Bertz CT molecular complexity index is 5060. The molecule has 0 bridgehead atoms. The highest BCUT2D eigenvalue weighted by Gasteiger charge is 2.36. The molecule has 0 radical (unpaired) electrons. The predicted octanol–water partition coefficient (Wildman–Crippen LogP) is 12.6. The van der Waals surface area contributed by atoms with Crippen molar-refractivity contribution in [2.45, 2.75) is 40.3 Å². The van der Waals surface area contributed by atoms with Crippen LogP contribution in [0, 0.1) is 61.9 Å². The fraction of sp³-hybridized carbons (Fsp3) is 0.533. The van der Waals surface area contributed by atoms with Crippen molar-refractivity contribution in [1.29, 1.82) is 5.26 Å². The summed E-state index contributed by atoms with van der Waals surface area (Å²) in [7, 11) is 9.77. The number of methoxy groups -OCH3 is 6. The fourth-order valence-corrected chi connectivity index (χ4v) is 16.6. The van der Waals surface area contributed by atoms with E-state index >= 15 is 0 Å². The third kappa shape index (κ3) is 40.8. The van der Waals surface area contributed by atoms with E-state index in [1.807, 2.05) is 49.4 Å². The number of halogens is 7. The van der Waals surface area contributed by atoms with Gasteiger partial charge in [0.05, 0.1) is 75.3 Å². The van der Waals surface area contributed by atoms with Crippen LogP contribution in [0.4, 0.5) is 81.9 Å². The summed E-state index contributed by atoms with van der Waals surface area (Å²) < 4.78 is 162. The minimum absolute atomic E-state index is 0.0283. The number of alkyl halides is 3. The van der Waals surface area contributed by atoms with E-state index in [9.17, 15) is 36.0 Å². The Labute approximate surface area is 852 Å². The normalized spacial score (nSPS) is 15.8. The van der Waals surface area contributed by atoms with Gasteiger partial charge in [-0.25, -0.2) is 22.4 Å². The number of anilines is 8. The first kappa shape index (κ1) is 117. The molecule has 8 fully saturated rings. The van der Waals surface area contributed by atoms with Gasteiger partial charge in [0.25, 0.3) is 0 Å². The minimum atomic E-state index is -4.29. The highest BCUT2D eigenvalue weighted by molar-refractivity contribution is 5.68. The number of rotatable bonds is 35. The highest BCUT2D eigenvalue weighted by Crippen LogP contribution is 2.39. The molecule has 8 aromatic carbocycles. The molecule has 8 saturated heterocycles. The molecule has 8 heterocycles. The van der Waals surface area contributed by atoms with Gasteiger partial charge in [0.2, 0.25) is 5.69 Å². The number of nitrogens with zero attached hydrogens (tertiary/aromatic N) is 10. The first-order chi connectivity index (χ1) is 70.6. The van der Waals surface area contributed by atoms with Crippen LogP contribution in [0.2, 0.25) is 0 Å². The second-order valence-corrected chi connectivity index (χ2v) is 34.7. The molecule has 0 aliphatic carbocycles. The van der Waals surface area contributed by atoms with E-state index in [-0.39, 0.29) is 29.7 Å². The number of hydrogen-bond donors (Lipinski definition) is 8. The Hall–Kier alpha value is -11.3. The van der Waals surface area contributed by atoms with Crippen LogP contribution in [0.1, 0.15) is 41.2 Å². The number of ether oxygens (including phenoxy) is 13. The molecule has 8 aromatic rings. The maximum atomic E-state index is 14.0. The van der Waals surface area contributed by atoms with Gasteiger partial charge in [-0.3, -0.25) is 0 Å². The first-order valence-corrected chi connectivity index (χ1v) is 50.2. The Morgan fingerprint density at radius 2 is 0.676 bits per heavy atom. The molecule has 8 aliphatic rings. The van der Waals surface area contributed by atoms with E-state index in [0.717, 1.165) is 224 Å². The summed E-state index contributed by atoms with van der Waals surface area (Å²) in [6.07, 6.45) is -3.36. The summed E-state index contributed by atoms with van der Waals surface area (Å²) >= 11 is 0. The second kappa shape index (κ2) is 66.7. The summed E-state index contributed by atoms with van der Waals surface area (Å²) in [6.45, 7) is 50.9. The molecular weight excluding hydrogens is 1880 g/mol. The van der Waals surface area contributed by atoms with Gasteiger partial charge in [0.15, 0.2) is 23.2 Å². The Kier molecular flexibility index (Phi) is 54.0. The smallest absolute Gasteiger partial charge is 0.418 e. The molecule has 0 unspecified atom stereocenters. The molecule has 0 aromatic heterocycles. The molecule has 8 aliphatic heterocycles. The van der Waals surface area contributed by atoms with Gasteiger partial charge < -0.3 is 143 Å². The highest BCUT2D eigenvalue weighted by atomic mass is 19.4. The van der Waals surface area contributed by atoms with Gasteiger partial charge in [0, 0.05) is 305 Å². The molecule has 16 rings (SSSR count). The van der Waals surface area contributed by atoms with Crippen molar-refractivity contribution in [3.63, 3.8) is 0 Å². The quantitative estimate of drug-likeness (QED) is 0.0104. The van der Waals surface area contributed by atoms with Gasteiger partial charge in [-0.15, -0.1) is 0 Å². The van der Waals surface area contributed by atoms with Crippen LogP contribution < -0.4 is 115 Å². The van der Waals surface area contributed by atoms with Crippen LogP contribution >= 0.6 is 0 Å². The lowest BCUT2D eigenvalue weighted by Gasteiger charge is -2.31. The molecule has 798 valence electrons. The zero-order valence-electron chi connectivity index (χ0n) is 86.2. The molecule has 0 atom stereocenters. The van der Waals surface area contributed by atoms with E-state index in [4.69, 9.17) is 68.2 Å². The number of hydrogen-bond acceptors (Lipinski definition) is 30. The van der Waals surface area contributed by atoms with Crippen LogP contribution in [-0.4, -0.2) is 338 Å². The van der Waals surface area contributed by atoms with Crippen LogP contribution in [0.15, 0.2) is 140 Å². The maximum Gasteiger partial charge on any atom is 0.418 e. The van der Waals surface area contributed by atoms with Crippen molar-refractivity contribution >= 4 is 51.2 Å². The summed E-state index contributed by atoms with van der Waals surface area (Å²) in [5, 5.41) is 35.5. The number of nitrogens with one attached hydrogen (secondary N) is 8. The summed E-state index contributed by atoms with van der Waals surface area (Å²) in [5.74, 6) is 2.61. The molecular formula is C107H153F7N18O13. The third-order valence-corrected chi connectivity index (χ3v) is 24.2. The molecule has 0 spiro atoms. The third-order valence-electron chi connectivity index (χ3n) is 24.2. The zero-order valence-corrected chi connectivity index (χ0v) is 86.2. The zero-order chi connectivity index (χ0) is 104. The summed E-state index contributed by atoms with van der Waals surface area (Å²) in [5.41, 5.74) is 10.8. The predicted molar refractivity (Wildman–Crippen MR) is 562 cm³/mol. The standard InChI is InChI=1S/2C14H19N3O2.2C14H22N2O2.C13H18F2N2O2.C13H19FN2O2.C13H19FN2O.C12H15F3N2/c1-15-13-11-12(17-7-5-16-6-8-17)3-4-14(13)19-10-9-18-2;1-18-8-9-19-13-2-3-14(12(10-13)11-15)17-6-4-16-5-7-17;1-12-11-13(18-10-9-17-2)3-4-14(12)16-7-5-15-6-8-16;1-12-11-13(16-7-5-15-6-8-16)3-4-14(12)18-10-9-17-2;1-18-6-7-19-10-8-11(14)13(12(15)9-10)17-4-2-16-3-5-17;1-17-8-9-18-13-10-11(2-3-12(13)14)16-6-4-15-5-7-16;1-2-9-17-13-10-11(14)3-4-12(13)16-7-5-15-6-8-16;1-9-2-3-11(10(8-9)12(13,14)15)17-6-4-16-5-7-17/h3-4,11,16H,5-10H2,2H3;2-3,10,16H,4-9H2,1H3;2*3-4,11,15H,5-10H2,1-2H3;8-9,16H,2-7H2,1H3;2-3,10,15H,4-9H2,1H3;3-4,10,15H,2,5-9H2,1H3;2-3,8,16H,4-7H2,1H3. The van der Waals surface area contributed by atoms with E-state index in [1.54, 1.807) is 82.6 Å². The van der Waals surface area contributed by atoms with Crippen molar-refractivity contribution in [2.24, 2.45) is 0 Å². The number of piperazine rings is 8. The average Bonchev–Trinajstić information content (AvgIpc) is 0.801. The lowest BCUT2D eigenvalue weighted by atomic mass is 10.1. The molecule has 0 saturated carbocycles. The van der Waals surface area contributed by atoms with Crippen LogP contribution in [-0.2, 0) is 34.6 Å². The lowest BCUT2D eigenvalue weighted by Crippen LogP contribution is -2.44. The van der Waals surface area contributed by atoms with E-state index in [1.165, 1.54) is 66.0 Å². The largest absolute Gasteiger partial charge is 0.502 e. The minimum Gasteiger partial charge on any atom is -0.502 e. The van der Waals surface area contributed by atoms with Gasteiger partial charge in [-0.05, 0) is 148 Å². The Morgan fingerprint density at radius 3 is 1.11 bits per heavy atom. The van der Waals surface area contributed by atoms with E-state index in [2.05, 4.69) is 127 Å². The van der Waals surface area contributed by atoms with Crippen LogP contribution in [0.3, 0.4) is 0 Å². The van der Waals surface area contributed by atoms with E-state index < -0.39 is 23.4 Å². The molecule has 145 heavy (non-hydrogen) atoms. The Balaban J connectivity index is 0.000000185. The Morgan fingerprint density at radius 1 is 0.317 bits per heavy atom. The monoisotopic (exact) mass is 2030 g/mol. The maximum absolute atomic E-state index is 14.0. The van der Waals surface area contributed by atoms with Crippen LogP contribution in [0.5, 0.6) is 40.2 Å². The van der Waals surface area contributed by atoms with Gasteiger partial charge >= 0.3 is 6.18 Å². The van der Waals surface area contributed by atoms with E-state index in [0.29, 0.717) is 151 Å². The van der Waals surface area contributed by atoms with Crippen LogP contribution in [0.25, 0.3) is 4.85 Å². The fourth-order valence-electron chi connectivity index (χ4n) is 16.6. The van der Waals surface area contributed by atoms with Crippen molar-refractivity contribution in [3.05, 3.63) is 202 Å². The van der Waals surface area contributed by atoms with Crippen molar-refractivity contribution in [1.82, 2.24) is 42.5 Å². The number of benzene rings is 8. The molecule has 38 heteroatoms. The SMILES string of the molecule is CCCOc1cc(F)ccc1N1CCNCC1.COCCOc1cc(F)c(N2CCNCC2)c(F)c1.COCCOc1cc(N2CCNCC2)ccc1F.COCCOc1ccc(N2CCNCC2)c(C#N)c1.COCCOc1ccc(N2CCNCC2)c(C)c1.COCCOc1ccc(N2CCNCC2)cc1C.Cc1ccc(N2CCNCC2)c(C(F)(F)F)c1.[C-]#[N+]c1cc(N2CCNCC2)ccc1OCCOC. The van der Waals surface area contributed by atoms with Gasteiger partial charge in [-0.2, -0.15) is 18.4 Å². The average molecular weight is 2030 g/mol. The first-order valence-electron chi connectivity index (χ1n) is 50.2. The summed E-state index contributed by atoms with van der Waals surface area (Å²) in [6, 6.07) is 43.2. The summed E-state index contributed by atoms with van der Waals surface area (Å²) in [4.78, 5) is 20.8. The van der Waals surface area contributed by atoms with Crippen molar-refractivity contribution in [2.75, 3.05) is 377 Å². The number of nitriles is 1. The molecule has 31 nitrogen and oxygen atoms in total. The second-order valence-electron chi connectivity index (χ2n) is 34.7. The topological polar surface area (TPSA) is 270 Å². The van der Waals surface area contributed by atoms with Gasteiger partial charge in [0.1, 0.15) is 91.7 Å². The number of aryl methyl sites for hydroxylation is 3. The lowest BCUT2D eigenvalue weighted by molar-refractivity contribution is -0.137. The van der Waals surface area contributed by atoms with Gasteiger partial charge in [-0.1, -0.05) is 18.6 Å². The van der Waals surface area contributed by atoms with Crippen molar-refractivity contribution < 1.29 is 92.3 Å². The molecule has 0 amide bonds. The molecule has 8 N–H and O–H groups in total.